The maximum atomic E-state index is 13.0. The molecule has 0 aliphatic heterocycles. The lowest BCUT2D eigenvalue weighted by Crippen LogP contribution is -2.19. The maximum Gasteiger partial charge on any atom is 0.341 e. The molecule has 134 valence electrons. The zero-order valence-electron chi connectivity index (χ0n) is 13.9. The van der Waals surface area contributed by atoms with Gasteiger partial charge in [0.1, 0.15) is 17.1 Å². The van der Waals surface area contributed by atoms with Gasteiger partial charge in [-0.3, -0.25) is 0 Å². The Labute approximate surface area is 154 Å². The van der Waals surface area contributed by atoms with E-state index in [-0.39, 0.29) is 22.8 Å². The minimum atomic E-state index is -1.12. The third-order valence-corrected chi connectivity index (χ3v) is 4.22. The van der Waals surface area contributed by atoms with Crippen LogP contribution in [0.15, 0.2) is 53.1 Å². The number of aromatic nitrogens is 1. The van der Waals surface area contributed by atoms with Gasteiger partial charge in [-0.15, -0.1) is 0 Å². The number of aromatic carboxylic acids is 1. The van der Waals surface area contributed by atoms with E-state index in [2.05, 4.69) is 10.5 Å². The standard InChI is InChI=1S/C19H16ClFN2O3/c1-11(22-10-12-2-8-15(21)9-3-12)18-16(19(24)25)17(23-26-18)13-4-6-14(20)7-5-13/h2-9,11,22H,10H2,1H3,(H,24,25)/t11-/m1/s1. The second-order valence-corrected chi connectivity index (χ2v) is 6.25. The summed E-state index contributed by atoms with van der Waals surface area (Å²) in [5.74, 6) is -1.20. The molecule has 2 aromatic carbocycles. The van der Waals surface area contributed by atoms with E-state index in [1.807, 2.05) is 0 Å². The van der Waals surface area contributed by atoms with Crippen LogP contribution in [0, 0.1) is 5.82 Å². The van der Waals surface area contributed by atoms with E-state index >= 15 is 0 Å². The Balaban J connectivity index is 1.83. The molecule has 3 rings (SSSR count). The first-order valence-corrected chi connectivity index (χ1v) is 8.30. The third-order valence-electron chi connectivity index (χ3n) is 3.97. The second-order valence-electron chi connectivity index (χ2n) is 5.81. The molecule has 5 nitrogen and oxygen atoms in total. The molecule has 0 fully saturated rings. The topological polar surface area (TPSA) is 75.4 Å². The molecule has 0 radical (unpaired) electrons. The summed E-state index contributed by atoms with van der Waals surface area (Å²) in [5, 5.41) is 17.3. The molecule has 0 aliphatic carbocycles. The Morgan fingerprint density at radius 3 is 2.50 bits per heavy atom. The Hall–Kier alpha value is -2.70. The number of nitrogens with zero attached hydrogens (tertiary/aromatic N) is 1. The molecule has 1 atom stereocenters. The van der Waals surface area contributed by atoms with Crippen molar-refractivity contribution in [2.24, 2.45) is 0 Å². The van der Waals surface area contributed by atoms with Gasteiger partial charge in [-0.1, -0.05) is 41.0 Å². The minimum Gasteiger partial charge on any atom is -0.477 e. The van der Waals surface area contributed by atoms with Crippen molar-refractivity contribution in [3.8, 4) is 11.3 Å². The predicted octanol–water partition coefficient (Wildman–Crippen LogP) is 4.68. The zero-order chi connectivity index (χ0) is 18.7. The number of carboxylic acids is 1. The summed E-state index contributed by atoms with van der Waals surface area (Å²) in [4.78, 5) is 11.8. The van der Waals surface area contributed by atoms with Crippen LogP contribution >= 0.6 is 11.6 Å². The largest absolute Gasteiger partial charge is 0.477 e. The quantitative estimate of drug-likeness (QED) is 0.655. The number of carboxylic acid groups (broad SMARTS) is 1. The van der Waals surface area contributed by atoms with E-state index in [4.69, 9.17) is 16.1 Å². The van der Waals surface area contributed by atoms with Crippen LogP contribution in [0.4, 0.5) is 4.39 Å². The highest BCUT2D eigenvalue weighted by Crippen LogP contribution is 2.30. The van der Waals surface area contributed by atoms with E-state index in [1.165, 1.54) is 12.1 Å². The average molecular weight is 375 g/mol. The van der Waals surface area contributed by atoms with Crippen LogP contribution in [0.2, 0.25) is 5.02 Å². The molecular weight excluding hydrogens is 359 g/mol. The molecule has 7 heteroatoms. The van der Waals surface area contributed by atoms with Crippen LogP contribution in [-0.2, 0) is 6.54 Å². The molecular formula is C19H16ClFN2O3. The summed E-state index contributed by atoms with van der Waals surface area (Å²) in [5.41, 5.74) is 1.73. The van der Waals surface area contributed by atoms with Crippen molar-refractivity contribution in [1.29, 1.82) is 0 Å². The maximum absolute atomic E-state index is 13.0. The highest BCUT2D eigenvalue weighted by Gasteiger charge is 2.27. The molecule has 1 heterocycles. The monoisotopic (exact) mass is 374 g/mol. The molecule has 0 aliphatic rings. The molecule has 0 unspecified atom stereocenters. The van der Waals surface area contributed by atoms with Crippen LogP contribution in [0.1, 0.15) is 34.6 Å². The lowest BCUT2D eigenvalue weighted by Gasteiger charge is -2.12. The Morgan fingerprint density at radius 1 is 1.23 bits per heavy atom. The number of benzene rings is 2. The van der Waals surface area contributed by atoms with E-state index in [0.717, 1.165) is 5.56 Å². The number of halogens is 2. The number of hydrogen-bond donors (Lipinski definition) is 2. The molecule has 26 heavy (non-hydrogen) atoms. The number of nitrogens with one attached hydrogen (secondary N) is 1. The van der Waals surface area contributed by atoms with Crippen molar-refractivity contribution in [3.05, 3.63) is 76.3 Å². The molecule has 0 bridgehead atoms. The number of hydrogen-bond acceptors (Lipinski definition) is 4. The van der Waals surface area contributed by atoms with Crippen LogP contribution in [0.5, 0.6) is 0 Å². The summed E-state index contributed by atoms with van der Waals surface area (Å²) in [7, 11) is 0. The van der Waals surface area contributed by atoms with Crippen molar-refractivity contribution in [2.75, 3.05) is 0 Å². The molecule has 2 N–H and O–H groups in total. The fourth-order valence-electron chi connectivity index (χ4n) is 2.58. The SMILES string of the molecule is C[C@@H](NCc1ccc(F)cc1)c1onc(-c2ccc(Cl)cc2)c1C(=O)O. The van der Waals surface area contributed by atoms with E-state index in [0.29, 0.717) is 17.1 Å². The van der Waals surface area contributed by atoms with Crippen molar-refractivity contribution in [1.82, 2.24) is 10.5 Å². The lowest BCUT2D eigenvalue weighted by atomic mass is 10.0. The van der Waals surface area contributed by atoms with Crippen molar-refractivity contribution < 1.29 is 18.8 Å². The third kappa shape index (κ3) is 3.92. The van der Waals surface area contributed by atoms with Crippen LogP contribution in [-0.4, -0.2) is 16.2 Å². The minimum absolute atomic E-state index is 0.00595. The summed E-state index contributed by atoms with van der Waals surface area (Å²) in [6.45, 7) is 2.21. The van der Waals surface area contributed by atoms with Gasteiger partial charge in [0, 0.05) is 17.1 Å². The van der Waals surface area contributed by atoms with Crippen molar-refractivity contribution in [2.45, 2.75) is 19.5 Å². The van der Waals surface area contributed by atoms with Crippen LogP contribution in [0.25, 0.3) is 11.3 Å². The van der Waals surface area contributed by atoms with Crippen molar-refractivity contribution >= 4 is 17.6 Å². The zero-order valence-corrected chi connectivity index (χ0v) is 14.6. The highest BCUT2D eigenvalue weighted by atomic mass is 35.5. The first kappa shape index (κ1) is 18.1. The fourth-order valence-corrected chi connectivity index (χ4v) is 2.70. The summed E-state index contributed by atoms with van der Waals surface area (Å²) in [6, 6.07) is 12.4. The number of carbonyl (C=O) groups is 1. The molecule has 3 aromatic rings. The van der Waals surface area contributed by atoms with Gasteiger partial charge in [0.05, 0.1) is 6.04 Å². The van der Waals surface area contributed by atoms with Gasteiger partial charge in [0.25, 0.3) is 0 Å². The Morgan fingerprint density at radius 2 is 1.88 bits per heavy atom. The predicted molar refractivity (Wildman–Crippen MR) is 95.6 cm³/mol. The normalized spacial score (nSPS) is 12.1. The molecule has 0 amide bonds. The highest BCUT2D eigenvalue weighted by molar-refractivity contribution is 6.30. The van der Waals surface area contributed by atoms with Gasteiger partial charge in [0.15, 0.2) is 5.76 Å². The summed E-state index contributed by atoms with van der Waals surface area (Å²) < 4.78 is 18.3. The van der Waals surface area contributed by atoms with E-state index < -0.39 is 12.0 Å². The Bertz CT molecular complexity index is 908. The van der Waals surface area contributed by atoms with Gasteiger partial charge in [0.2, 0.25) is 0 Å². The first-order chi connectivity index (χ1) is 12.5. The number of rotatable bonds is 6. The van der Waals surface area contributed by atoms with Gasteiger partial charge >= 0.3 is 5.97 Å². The molecule has 1 aromatic heterocycles. The summed E-state index contributed by atoms with van der Waals surface area (Å²) >= 11 is 5.87. The van der Waals surface area contributed by atoms with Crippen molar-refractivity contribution in [3.63, 3.8) is 0 Å². The van der Waals surface area contributed by atoms with E-state index in [1.54, 1.807) is 43.3 Å². The lowest BCUT2D eigenvalue weighted by molar-refractivity contribution is 0.0694. The van der Waals surface area contributed by atoms with Gasteiger partial charge in [-0.25, -0.2) is 9.18 Å². The molecule has 0 spiro atoms. The average Bonchev–Trinajstić information content (AvgIpc) is 3.07. The molecule has 0 saturated heterocycles. The second kappa shape index (κ2) is 7.68. The van der Waals surface area contributed by atoms with Crippen LogP contribution in [0.3, 0.4) is 0 Å². The van der Waals surface area contributed by atoms with Gasteiger partial charge in [-0.05, 0) is 36.8 Å². The summed E-state index contributed by atoms with van der Waals surface area (Å²) in [6.07, 6.45) is 0. The van der Waals surface area contributed by atoms with Gasteiger partial charge in [-0.2, -0.15) is 0 Å². The molecule has 0 saturated carbocycles. The van der Waals surface area contributed by atoms with Gasteiger partial charge < -0.3 is 14.9 Å². The van der Waals surface area contributed by atoms with E-state index in [9.17, 15) is 14.3 Å². The Kier molecular flexibility index (Phi) is 5.35. The van der Waals surface area contributed by atoms with Crippen LogP contribution < -0.4 is 5.32 Å². The first-order valence-electron chi connectivity index (χ1n) is 7.92. The fraction of sp³-hybridized carbons (Fsp3) is 0.158. The smallest absolute Gasteiger partial charge is 0.341 e.